The molecular formula is C19H15NO4. The monoisotopic (exact) mass is 321 g/mol. The highest BCUT2D eigenvalue weighted by molar-refractivity contribution is 6.06. The number of carbonyl (C=O) groups excluding carboxylic acids is 1. The number of nitrogens with zero attached hydrogens (tertiary/aromatic N) is 1. The molecule has 0 unspecified atom stereocenters. The molecule has 0 heterocycles. The average molecular weight is 321 g/mol. The number of allylic oxidation sites excluding steroid dienone is 1. The third-order valence-electron chi connectivity index (χ3n) is 3.24. The lowest BCUT2D eigenvalue weighted by Crippen LogP contribution is -2.22. The normalized spacial score (nSPS) is 11.7. The number of carboxylic acids is 1. The van der Waals surface area contributed by atoms with Gasteiger partial charge in [-0.3, -0.25) is 4.79 Å². The Balaban J connectivity index is 2.09. The van der Waals surface area contributed by atoms with Crippen molar-refractivity contribution in [2.24, 2.45) is 0 Å². The summed E-state index contributed by atoms with van der Waals surface area (Å²) in [6, 6.07) is 15.2. The Kier molecular flexibility index (Phi) is 5.48. The zero-order valence-corrected chi connectivity index (χ0v) is 13.0. The lowest BCUT2D eigenvalue weighted by Gasteiger charge is -2.10. The summed E-state index contributed by atoms with van der Waals surface area (Å²) in [4.78, 5) is 22.9. The number of hydrogen-bond donors (Lipinski definition) is 1. The number of carbonyl (C=O) groups is 2. The second-order valence-electron chi connectivity index (χ2n) is 5.06. The van der Waals surface area contributed by atoms with Gasteiger partial charge in [0.15, 0.2) is 11.9 Å². The second-order valence-corrected chi connectivity index (χ2v) is 5.06. The molecular weight excluding hydrogens is 306 g/mol. The number of nitriles is 1. The Morgan fingerprint density at radius 3 is 2.54 bits per heavy atom. The first kappa shape index (κ1) is 17.0. The van der Waals surface area contributed by atoms with Gasteiger partial charge >= 0.3 is 5.97 Å². The highest BCUT2D eigenvalue weighted by Gasteiger charge is 2.12. The molecule has 0 bridgehead atoms. The van der Waals surface area contributed by atoms with Crippen LogP contribution in [0.5, 0.6) is 5.75 Å². The van der Waals surface area contributed by atoms with Gasteiger partial charge in [-0.15, -0.1) is 0 Å². The lowest BCUT2D eigenvalue weighted by atomic mass is 10.1. The molecule has 2 aromatic rings. The van der Waals surface area contributed by atoms with E-state index >= 15 is 0 Å². The fraction of sp³-hybridized carbons (Fsp3) is 0.105. The fourth-order valence-corrected chi connectivity index (χ4v) is 1.92. The van der Waals surface area contributed by atoms with Crippen LogP contribution < -0.4 is 4.74 Å². The molecule has 0 aromatic heterocycles. The van der Waals surface area contributed by atoms with Gasteiger partial charge in [0.2, 0.25) is 0 Å². The molecule has 0 saturated carbocycles. The number of hydrogen-bond acceptors (Lipinski definition) is 4. The van der Waals surface area contributed by atoms with Crippen LogP contribution in [-0.2, 0) is 4.79 Å². The summed E-state index contributed by atoms with van der Waals surface area (Å²) >= 11 is 0. The largest absolute Gasteiger partial charge is 0.479 e. The van der Waals surface area contributed by atoms with E-state index in [4.69, 9.17) is 15.1 Å². The van der Waals surface area contributed by atoms with Crippen molar-refractivity contribution in [3.8, 4) is 11.8 Å². The zero-order valence-electron chi connectivity index (χ0n) is 13.0. The molecule has 5 nitrogen and oxygen atoms in total. The van der Waals surface area contributed by atoms with Gasteiger partial charge in [0.05, 0.1) is 11.6 Å². The molecule has 2 aromatic carbocycles. The Labute approximate surface area is 139 Å². The van der Waals surface area contributed by atoms with E-state index in [1.165, 1.54) is 13.0 Å². The van der Waals surface area contributed by atoms with Crippen LogP contribution in [0.15, 0.2) is 54.6 Å². The third-order valence-corrected chi connectivity index (χ3v) is 3.24. The highest BCUT2D eigenvalue weighted by Crippen LogP contribution is 2.16. The van der Waals surface area contributed by atoms with E-state index in [0.29, 0.717) is 22.4 Å². The minimum Gasteiger partial charge on any atom is -0.479 e. The van der Waals surface area contributed by atoms with Gasteiger partial charge in [0, 0.05) is 5.56 Å². The molecule has 0 amide bonds. The Morgan fingerprint density at radius 2 is 1.92 bits per heavy atom. The summed E-state index contributed by atoms with van der Waals surface area (Å²) < 4.78 is 5.28. The van der Waals surface area contributed by atoms with E-state index < -0.39 is 12.1 Å². The van der Waals surface area contributed by atoms with Crippen molar-refractivity contribution in [1.82, 2.24) is 0 Å². The molecule has 24 heavy (non-hydrogen) atoms. The summed E-state index contributed by atoms with van der Waals surface area (Å²) in [7, 11) is 0. The van der Waals surface area contributed by atoms with E-state index in [0.717, 1.165) is 0 Å². The van der Waals surface area contributed by atoms with Crippen LogP contribution in [0, 0.1) is 11.3 Å². The minimum atomic E-state index is -1.05. The third kappa shape index (κ3) is 4.55. The van der Waals surface area contributed by atoms with Gasteiger partial charge in [0.1, 0.15) is 5.75 Å². The van der Waals surface area contributed by atoms with E-state index in [-0.39, 0.29) is 5.78 Å². The fourth-order valence-electron chi connectivity index (χ4n) is 1.92. The number of benzene rings is 2. The summed E-state index contributed by atoms with van der Waals surface area (Å²) in [6.45, 7) is 1.44. The van der Waals surface area contributed by atoms with Crippen LogP contribution in [0.4, 0.5) is 0 Å². The molecule has 0 aliphatic heterocycles. The van der Waals surface area contributed by atoms with Crippen LogP contribution in [-0.4, -0.2) is 23.0 Å². The minimum absolute atomic E-state index is 0.190. The van der Waals surface area contributed by atoms with Crippen molar-refractivity contribution < 1.29 is 19.4 Å². The highest BCUT2D eigenvalue weighted by atomic mass is 16.5. The standard InChI is InChI=1S/C19H15NO4/c1-13(19(22)23)24-17-4-2-3-14(11-17)7-10-18(21)16-8-5-15(12-20)6-9-16/h2-11,13H,1H3,(H,22,23)/b10-7-/t13-/m0/s1. The number of ether oxygens (including phenoxy) is 1. The molecule has 120 valence electrons. The summed E-state index contributed by atoms with van der Waals surface area (Å²) in [6.07, 6.45) is 2.09. The van der Waals surface area contributed by atoms with Crippen molar-refractivity contribution in [2.75, 3.05) is 0 Å². The van der Waals surface area contributed by atoms with Crippen LogP contribution in [0.1, 0.15) is 28.4 Å². The van der Waals surface area contributed by atoms with Crippen LogP contribution in [0.3, 0.4) is 0 Å². The van der Waals surface area contributed by atoms with Crippen LogP contribution in [0.2, 0.25) is 0 Å². The predicted molar refractivity (Wildman–Crippen MR) is 88.7 cm³/mol. The van der Waals surface area contributed by atoms with Crippen molar-refractivity contribution in [3.05, 3.63) is 71.3 Å². The van der Waals surface area contributed by atoms with E-state index in [1.807, 2.05) is 6.07 Å². The zero-order chi connectivity index (χ0) is 17.5. The van der Waals surface area contributed by atoms with Crippen molar-refractivity contribution >= 4 is 17.8 Å². The first-order valence-electron chi connectivity index (χ1n) is 7.21. The maximum Gasteiger partial charge on any atom is 0.344 e. The smallest absolute Gasteiger partial charge is 0.344 e. The van der Waals surface area contributed by atoms with Gasteiger partial charge in [0.25, 0.3) is 0 Å². The maximum absolute atomic E-state index is 12.1. The SMILES string of the molecule is C[C@H](Oc1cccc(/C=C\C(=O)c2ccc(C#N)cc2)c1)C(=O)O. The lowest BCUT2D eigenvalue weighted by molar-refractivity contribution is -0.144. The topological polar surface area (TPSA) is 87.4 Å². The Hall–Kier alpha value is -3.39. The van der Waals surface area contributed by atoms with Crippen LogP contribution >= 0.6 is 0 Å². The Bertz CT molecular complexity index is 816. The molecule has 0 saturated heterocycles. The molecule has 5 heteroatoms. The maximum atomic E-state index is 12.1. The second kappa shape index (κ2) is 7.75. The summed E-state index contributed by atoms with van der Waals surface area (Å²) in [5, 5.41) is 17.6. The van der Waals surface area contributed by atoms with Gasteiger partial charge in [-0.05, 0) is 55.0 Å². The number of rotatable bonds is 6. The van der Waals surface area contributed by atoms with E-state index in [2.05, 4.69) is 0 Å². The molecule has 0 aliphatic carbocycles. The first-order valence-corrected chi connectivity index (χ1v) is 7.21. The number of aliphatic carboxylic acids is 1. The molecule has 0 spiro atoms. The molecule has 0 radical (unpaired) electrons. The summed E-state index contributed by atoms with van der Waals surface area (Å²) in [5.74, 6) is -0.825. The molecule has 0 aliphatic rings. The summed E-state index contributed by atoms with van der Waals surface area (Å²) in [5.41, 5.74) is 1.69. The average Bonchev–Trinajstić information content (AvgIpc) is 2.60. The van der Waals surface area contributed by atoms with E-state index in [9.17, 15) is 9.59 Å². The molecule has 1 N–H and O–H groups in total. The quantitative estimate of drug-likeness (QED) is 0.651. The van der Waals surface area contributed by atoms with Gasteiger partial charge in [-0.25, -0.2) is 4.79 Å². The van der Waals surface area contributed by atoms with Crippen molar-refractivity contribution in [1.29, 1.82) is 5.26 Å². The number of carboxylic acid groups (broad SMARTS) is 1. The predicted octanol–water partition coefficient (Wildman–Crippen LogP) is 3.31. The molecule has 2 rings (SSSR count). The van der Waals surface area contributed by atoms with Gasteiger partial charge < -0.3 is 9.84 Å². The molecule has 1 atom stereocenters. The Morgan fingerprint density at radius 1 is 1.21 bits per heavy atom. The van der Waals surface area contributed by atoms with Crippen LogP contribution in [0.25, 0.3) is 6.08 Å². The van der Waals surface area contributed by atoms with Gasteiger partial charge in [-0.1, -0.05) is 18.2 Å². The number of ketones is 1. The van der Waals surface area contributed by atoms with E-state index in [1.54, 1.807) is 54.6 Å². The van der Waals surface area contributed by atoms with Crippen molar-refractivity contribution in [2.45, 2.75) is 13.0 Å². The molecule has 0 fully saturated rings. The van der Waals surface area contributed by atoms with Crippen molar-refractivity contribution in [3.63, 3.8) is 0 Å². The van der Waals surface area contributed by atoms with Gasteiger partial charge in [-0.2, -0.15) is 5.26 Å². The first-order chi connectivity index (χ1) is 11.5.